The van der Waals surface area contributed by atoms with Gasteiger partial charge in [-0.3, -0.25) is 0 Å². The smallest absolute Gasteiger partial charge is 0.204 e. The van der Waals surface area contributed by atoms with Gasteiger partial charge in [0.1, 0.15) is 0 Å². The highest BCUT2D eigenvalue weighted by Crippen LogP contribution is 2.50. The van der Waals surface area contributed by atoms with Crippen LogP contribution in [0.25, 0.3) is 0 Å². The fourth-order valence-corrected chi connectivity index (χ4v) is 9.76. The molecule has 4 fully saturated rings. The summed E-state index contributed by atoms with van der Waals surface area (Å²) < 4.78 is 39.4. The SMILES string of the molecule is CCCC1CCC2CC(C3CCC(C(C)CC4CCC(COc5ccc(OCC)c(F)c5F)CC4)CC3)CCC2C1. The van der Waals surface area contributed by atoms with Crippen LogP contribution in [0.5, 0.6) is 11.5 Å². The molecule has 0 amide bonds. The van der Waals surface area contributed by atoms with Gasteiger partial charge in [0.05, 0.1) is 13.2 Å². The Hall–Kier alpha value is -1.32. The molecule has 232 valence electrons. The Labute approximate surface area is 249 Å². The zero-order chi connectivity index (χ0) is 28.8. The molecule has 5 unspecified atom stereocenters. The Bertz CT molecular complexity index is 933. The van der Waals surface area contributed by atoms with Crippen molar-refractivity contribution >= 4 is 0 Å². The Morgan fingerprint density at radius 2 is 1.20 bits per heavy atom. The van der Waals surface area contributed by atoms with E-state index in [4.69, 9.17) is 9.47 Å². The van der Waals surface area contributed by atoms with Gasteiger partial charge in [-0.2, -0.15) is 8.78 Å². The zero-order valence-electron chi connectivity index (χ0n) is 26.4. The number of fused-ring (bicyclic) bond motifs is 1. The van der Waals surface area contributed by atoms with E-state index in [0.717, 1.165) is 60.2 Å². The van der Waals surface area contributed by atoms with E-state index in [2.05, 4.69) is 13.8 Å². The van der Waals surface area contributed by atoms with Gasteiger partial charge < -0.3 is 9.47 Å². The average Bonchev–Trinajstić information content (AvgIpc) is 3.00. The minimum absolute atomic E-state index is 0.00435. The predicted octanol–water partition coefficient (Wildman–Crippen LogP) is 11.0. The molecule has 0 saturated heterocycles. The van der Waals surface area contributed by atoms with E-state index in [1.807, 2.05) is 0 Å². The van der Waals surface area contributed by atoms with Crippen LogP contribution in [0.2, 0.25) is 0 Å². The van der Waals surface area contributed by atoms with Crippen LogP contribution in [0.15, 0.2) is 12.1 Å². The van der Waals surface area contributed by atoms with Crippen LogP contribution in [0, 0.1) is 64.9 Å². The highest BCUT2D eigenvalue weighted by Gasteiger charge is 2.39. The van der Waals surface area contributed by atoms with Crippen molar-refractivity contribution in [2.24, 2.45) is 53.3 Å². The van der Waals surface area contributed by atoms with Crippen LogP contribution < -0.4 is 9.47 Å². The molecule has 4 aliphatic carbocycles. The molecule has 5 rings (SSSR count). The van der Waals surface area contributed by atoms with E-state index >= 15 is 0 Å². The van der Waals surface area contributed by atoms with Crippen molar-refractivity contribution in [1.29, 1.82) is 0 Å². The van der Waals surface area contributed by atoms with Gasteiger partial charge in [0, 0.05) is 0 Å². The number of halogens is 2. The molecule has 2 nitrogen and oxygen atoms in total. The first-order valence-electron chi connectivity index (χ1n) is 17.7. The van der Waals surface area contributed by atoms with Crippen LogP contribution in [0.1, 0.15) is 130 Å². The van der Waals surface area contributed by atoms with Gasteiger partial charge in [0.2, 0.25) is 11.6 Å². The van der Waals surface area contributed by atoms with Crippen molar-refractivity contribution in [2.75, 3.05) is 13.2 Å². The Morgan fingerprint density at radius 3 is 1.85 bits per heavy atom. The lowest BCUT2D eigenvalue weighted by atomic mass is 9.60. The first kappa shape index (κ1) is 31.1. The van der Waals surface area contributed by atoms with Gasteiger partial charge in [-0.15, -0.1) is 0 Å². The number of benzene rings is 1. The van der Waals surface area contributed by atoms with E-state index in [9.17, 15) is 8.78 Å². The molecule has 0 N–H and O–H groups in total. The maximum absolute atomic E-state index is 14.4. The summed E-state index contributed by atoms with van der Waals surface area (Å²) in [4.78, 5) is 0. The number of ether oxygens (including phenoxy) is 2. The van der Waals surface area contributed by atoms with Gasteiger partial charge in [-0.05, 0) is 149 Å². The molecule has 0 heterocycles. The topological polar surface area (TPSA) is 18.5 Å². The van der Waals surface area contributed by atoms with E-state index in [1.165, 1.54) is 95.6 Å². The van der Waals surface area contributed by atoms with E-state index in [1.54, 1.807) is 19.8 Å². The van der Waals surface area contributed by atoms with Gasteiger partial charge in [0.15, 0.2) is 11.5 Å². The molecule has 4 aliphatic rings. The summed E-state index contributed by atoms with van der Waals surface area (Å²) in [6.45, 7) is 7.43. The van der Waals surface area contributed by atoms with Crippen molar-refractivity contribution in [3.8, 4) is 11.5 Å². The van der Waals surface area contributed by atoms with E-state index < -0.39 is 11.6 Å². The third-order valence-electron chi connectivity index (χ3n) is 12.2. The zero-order valence-corrected chi connectivity index (χ0v) is 26.4. The summed E-state index contributed by atoms with van der Waals surface area (Å²) in [7, 11) is 0. The van der Waals surface area contributed by atoms with E-state index in [0.29, 0.717) is 19.1 Å². The van der Waals surface area contributed by atoms with Crippen molar-refractivity contribution in [3.63, 3.8) is 0 Å². The first-order chi connectivity index (χ1) is 19.9. The molecule has 41 heavy (non-hydrogen) atoms. The van der Waals surface area contributed by atoms with E-state index in [-0.39, 0.29) is 11.5 Å². The van der Waals surface area contributed by atoms with Gasteiger partial charge in [-0.1, -0.05) is 46.0 Å². The number of hydrogen-bond acceptors (Lipinski definition) is 2. The number of rotatable bonds is 11. The quantitative estimate of drug-likeness (QED) is 0.262. The van der Waals surface area contributed by atoms with Crippen LogP contribution in [0.3, 0.4) is 0 Å². The molecule has 1 aromatic rings. The fraction of sp³-hybridized carbons (Fsp3) is 0.838. The minimum Gasteiger partial charge on any atom is -0.491 e. The molecule has 5 atom stereocenters. The Kier molecular flexibility index (Phi) is 11.3. The Balaban J connectivity index is 0.985. The summed E-state index contributed by atoms with van der Waals surface area (Å²) in [5, 5.41) is 0. The predicted molar refractivity (Wildman–Crippen MR) is 164 cm³/mol. The minimum atomic E-state index is -0.951. The highest BCUT2D eigenvalue weighted by molar-refractivity contribution is 5.35. The molecule has 0 spiro atoms. The molecule has 1 aromatic carbocycles. The number of hydrogen-bond donors (Lipinski definition) is 0. The van der Waals surface area contributed by atoms with Crippen molar-refractivity contribution in [3.05, 3.63) is 23.8 Å². The summed E-state index contributed by atoms with van der Waals surface area (Å²) in [5.41, 5.74) is 0. The first-order valence-corrected chi connectivity index (χ1v) is 17.7. The normalized spacial score (nSPS) is 35.0. The van der Waals surface area contributed by atoms with Crippen LogP contribution in [-0.2, 0) is 0 Å². The van der Waals surface area contributed by atoms with Crippen molar-refractivity contribution < 1.29 is 18.3 Å². The maximum atomic E-state index is 14.4. The summed E-state index contributed by atoms with van der Waals surface area (Å²) in [6.07, 6.45) is 24.1. The largest absolute Gasteiger partial charge is 0.491 e. The highest BCUT2D eigenvalue weighted by atomic mass is 19.2. The lowest BCUT2D eigenvalue weighted by molar-refractivity contribution is 0.0526. The van der Waals surface area contributed by atoms with Crippen LogP contribution in [-0.4, -0.2) is 13.2 Å². The fourth-order valence-electron chi connectivity index (χ4n) is 9.76. The third kappa shape index (κ3) is 7.99. The average molecular weight is 573 g/mol. The van der Waals surface area contributed by atoms with Crippen molar-refractivity contribution in [2.45, 2.75) is 130 Å². The molecule has 4 heteroatoms. The van der Waals surface area contributed by atoms with Gasteiger partial charge in [-0.25, -0.2) is 0 Å². The lowest BCUT2D eigenvalue weighted by Gasteiger charge is -2.46. The lowest BCUT2D eigenvalue weighted by Crippen LogP contribution is -2.35. The second-order valence-corrected chi connectivity index (χ2v) is 14.8. The summed E-state index contributed by atoms with van der Waals surface area (Å²) in [6, 6.07) is 2.96. The molecule has 0 aromatic heterocycles. The summed E-state index contributed by atoms with van der Waals surface area (Å²) >= 11 is 0. The second-order valence-electron chi connectivity index (χ2n) is 14.8. The van der Waals surface area contributed by atoms with Gasteiger partial charge >= 0.3 is 0 Å². The van der Waals surface area contributed by atoms with Crippen molar-refractivity contribution in [1.82, 2.24) is 0 Å². The summed E-state index contributed by atoms with van der Waals surface area (Å²) in [5.74, 6) is 6.27. The molecular weight excluding hydrogens is 514 g/mol. The second kappa shape index (κ2) is 14.9. The monoisotopic (exact) mass is 572 g/mol. The third-order valence-corrected chi connectivity index (χ3v) is 12.2. The molecular formula is C37H58F2O2. The van der Waals surface area contributed by atoms with Crippen LogP contribution >= 0.6 is 0 Å². The Morgan fingerprint density at radius 1 is 0.659 bits per heavy atom. The molecule has 0 radical (unpaired) electrons. The molecule has 4 saturated carbocycles. The maximum Gasteiger partial charge on any atom is 0.204 e. The van der Waals surface area contributed by atoms with Crippen LogP contribution in [0.4, 0.5) is 8.78 Å². The molecule has 0 bridgehead atoms. The molecule has 0 aliphatic heterocycles. The standard InChI is InChI=1S/C37H58F2O2/c1-4-6-26-11-12-33-23-32(18-17-31(33)22-26)30-15-13-29(14-16-30)25(3)21-27-7-9-28(10-8-27)24-41-35-20-19-34(40-5-2)36(38)37(35)39/h19-20,25-33H,4-18,21-24H2,1-3H3. The van der Waals surface area contributed by atoms with Gasteiger partial charge in [0.25, 0.3) is 0 Å².